The van der Waals surface area contributed by atoms with E-state index in [9.17, 15) is 14.4 Å². The van der Waals surface area contributed by atoms with Gasteiger partial charge >= 0.3 is 6.03 Å². The SMILES string of the molecule is CNC(=O)NCCCN1C(=O)C=CC1=O. The Balaban J connectivity index is 2.18. The van der Waals surface area contributed by atoms with Gasteiger partial charge in [-0.15, -0.1) is 0 Å². The summed E-state index contributed by atoms with van der Waals surface area (Å²) in [4.78, 5) is 34.1. The van der Waals surface area contributed by atoms with Crippen LogP contribution in [0.4, 0.5) is 4.79 Å². The van der Waals surface area contributed by atoms with Gasteiger partial charge in [-0.2, -0.15) is 0 Å². The predicted molar refractivity (Wildman–Crippen MR) is 52.9 cm³/mol. The minimum absolute atomic E-state index is 0.271. The van der Waals surface area contributed by atoms with E-state index in [1.807, 2.05) is 0 Å². The van der Waals surface area contributed by atoms with Crippen molar-refractivity contribution in [3.8, 4) is 0 Å². The minimum Gasteiger partial charge on any atom is -0.341 e. The van der Waals surface area contributed by atoms with Crippen molar-refractivity contribution in [2.75, 3.05) is 20.1 Å². The van der Waals surface area contributed by atoms with Gasteiger partial charge < -0.3 is 10.6 Å². The quantitative estimate of drug-likeness (QED) is 0.473. The number of imide groups is 1. The van der Waals surface area contributed by atoms with Gasteiger partial charge in [0, 0.05) is 32.3 Å². The molecular weight excluding hydrogens is 198 g/mol. The normalized spacial score (nSPS) is 14.6. The fourth-order valence-electron chi connectivity index (χ4n) is 1.18. The minimum atomic E-state index is -0.292. The van der Waals surface area contributed by atoms with Crippen LogP contribution in [0.2, 0.25) is 0 Å². The molecule has 0 radical (unpaired) electrons. The molecular formula is C9H13N3O3. The Morgan fingerprint density at radius 2 is 1.93 bits per heavy atom. The highest BCUT2D eigenvalue weighted by molar-refractivity contribution is 6.12. The second-order valence-electron chi connectivity index (χ2n) is 3.02. The molecule has 15 heavy (non-hydrogen) atoms. The summed E-state index contributed by atoms with van der Waals surface area (Å²) in [5, 5.41) is 4.97. The van der Waals surface area contributed by atoms with Crippen LogP contribution in [0, 0.1) is 0 Å². The molecule has 6 heteroatoms. The van der Waals surface area contributed by atoms with Crippen molar-refractivity contribution in [3.05, 3.63) is 12.2 Å². The van der Waals surface area contributed by atoms with E-state index in [-0.39, 0.29) is 17.8 Å². The molecule has 0 atom stereocenters. The first-order valence-electron chi connectivity index (χ1n) is 4.64. The summed E-state index contributed by atoms with van der Waals surface area (Å²) in [5.41, 5.74) is 0. The molecule has 1 heterocycles. The standard InChI is InChI=1S/C9H13N3O3/c1-10-9(15)11-5-2-6-12-7(13)3-4-8(12)14/h3-4H,2,5-6H2,1H3,(H2,10,11,15). The van der Waals surface area contributed by atoms with Crippen molar-refractivity contribution in [2.45, 2.75) is 6.42 Å². The third-order valence-corrected chi connectivity index (χ3v) is 1.97. The molecule has 4 amide bonds. The highest BCUT2D eigenvalue weighted by atomic mass is 16.2. The molecule has 0 fully saturated rings. The molecule has 0 saturated heterocycles. The van der Waals surface area contributed by atoms with Gasteiger partial charge in [-0.1, -0.05) is 0 Å². The Morgan fingerprint density at radius 1 is 1.33 bits per heavy atom. The van der Waals surface area contributed by atoms with Crippen LogP contribution in [0.5, 0.6) is 0 Å². The van der Waals surface area contributed by atoms with E-state index in [1.54, 1.807) is 0 Å². The van der Waals surface area contributed by atoms with Crippen LogP contribution in [0.1, 0.15) is 6.42 Å². The zero-order valence-electron chi connectivity index (χ0n) is 8.45. The van der Waals surface area contributed by atoms with Crippen molar-refractivity contribution >= 4 is 17.8 Å². The van der Waals surface area contributed by atoms with Gasteiger partial charge in [-0.05, 0) is 6.42 Å². The van der Waals surface area contributed by atoms with Crippen molar-refractivity contribution in [1.29, 1.82) is 0 Å². The lowest BCUT2D eigenvalue weighted by Crippen LogP contribution is -2.36. The topological polar surface area (TPSA) is 78.5 Å². The van der Waals surface area contributed by atoms with Crippen LogP contribution in [-0.4, -0.2) is 42.9 Å². The number of nitrogens with zero attached hydrogens (tertiary/aromatic N) is 1. The zero-order valence-corrected chi connectivity index (χ0v) is 8.45. The molecule has 1 aliphatic rings. The van der Waals surface area contributed by atoms with Gasteiger partial charge in [0.15, 0.2) is 0 Å². The van der Waals surface area contributed by atoms with E-state index in [4.69, 9.17) is 0 Å². The average molecular weight is 211 g/mol. The second kappa shape index (κ2) is 5.14. The molecule has 2 N–H and O–H groups in total. The number of rotatable bonds is 4. The summed E-state index contributed by atoms with van der Waals surface area (Å²) in [6, 6.07) is -0.271. The summed E-state index contributed by atoms with van der Waals surface area (Å²) < 4.78 is 0. The van der Waals surface area contributed by atoms with Crippen LogP contribution >= 0.6 is 0 Å². The second-order valence-corrected chi connectivity index (χ2v) is 3.02. The number of carbonyl (C=O) groups is 3. The fraction of sp³-hybridized carbons (Fsp3) is 0.444. The highest BCUT2D eigenvalue weighted by Gasteiger charge is 2.22. The lowest BCUT2D eigenvalue weighted by Gasteiger charge is -2.13. The molecule has 82 valence electrons. The summed E-state index contributed by atoms with van der Waals surface area (Å²) >= 11 is 0. The van der Waals surface area contributed by atoms with E-state index < -0.39 is 0 Å². The van der Waals surface area contributed by atoms with E-state index in [1.165, 1.54) is 19.2 Å². The summed E-state index contributed by atoms with van der Waals surface area (Å²) in [6.45, 7) is 0.755. The Morgan fingerprint density at radius 3 is 2.47 bits per heavy atom. The van der Waals surface area contributed by atoms with Crippen molar-refractivity contribution in [3.63, 3.8) is 0 Å². The lowest BCUT2D eigenvalue weighted by atomic mass is 10.4. The van der Waals surface area contributed by atoms with Crippen LogP contribution in [0.3, 0.4) is 0 Å². The molecule has 0 aliphatic carbocycles. The number of urea groups is 1. The zero-order chi connectivity index (χ0) is 11.3. The summed E-state index contributed by atoms with van der Waals surface area (Å²) in [7, 11) is 1.52. The lowest BCUT2D eigenvalue weighted by molar-refractivity contribution is -0.136. The van der Waals surface area contributed by atoms with E-state index in [2.05, 4.69) is 10.6 Å². The molecule has 0 bridgehead atoms. The molecule has 1 aliphatic heterocycles. The summed E-state index contributed by atoms with van der Waals surface area (Å²) in [5.74, 6) is -0.583. The number of hydrogen-bond acceptors (Lipinski definition) is 3. The molecule has 0 saturated carbocycles. The van der Waals surface area contributed by atoms with Crippen LogP contribution in [-0.2, 0) is 9.59 Å². The largest absolute Gasteiger partial charge is 0.341 e. The van der Waals surface area contributed by atoms with Gasteiger partial charge in [0.2, 0.25) is 0 Å². The predicted octanol–water partition coefficient (Wildman–Crippen LogP) is -0.769. The first-order valence-corrected chi connectivity index (χ1v) is 4.64. The number of amides is 4. The monoisotopic (exact) mass is 211 g/mol. The van der Waals surface area contributed by atoms with Gasteiger partial charge in [0.1, 0.15) is 0 Å². The molecule has 0 unspecified atom stereocenters. The number of carbonyl (C=O) groups excluding carboxylic acids is 3. The van der Waals surface area contributed by atoms with Crippen molar-refractivity contribution in [2.24, 2.45) is 0 Å². The molecule has 6 nitrogen and oxygen atoms in total. The molecule has 0 spiro atoms. The maximum atomic E-state index is 11.1. The van der Waals surface area contributed by atoms with Gasteiger partial charge in [-0.3, -0.25) is 14.5 Å². The maximum absolute atomic E-state index is 11.1. The Kier molecular flexibility index (Phi) is 3.84. The van der Waals surface area contributed by atoms with Crippen LogP contribution in [0.25, 0.3) is 0 Å². The molecule has 0 aromatic heterocycles. The van der Waals surface area contributed by atoms with Gasteiger partial charge in [0.25, 0.3) is 11.8 Å². The number of nitrogens with one attached hydrogen (secondary N) is 2. The Bertz CT molecular complexity index is 294. The highest BCUT2D eigenvalue weighted by Crippen LogP contribution is 2.03. The van der Waals surface area contributed by atoms with Gasteiger partial charge in [-0.25, -0.2) is 4.79 Å². The van der Waals surface area contributed by atoms with E-state index in [0.29, 0.717) is 19.5 Å². The third kappa shape index (κ3) is 3.08. The molecule has 0 aromatic rings. The van der Waals surface area contributed by atoms with Crippen LogP contribution in [0.15, 0.2) is 12.2 Å². The van der Waals surface area contributed by atoms with Crippen molar-refractivity contribution in [1.82, 2.24) is 15.5 Å². The summed E-state index contributed by atoms with van der Waals surface area (Å²) in [6.07, 6.45) is 3.04. The smallest absolute Gasteiger partial charge is 0.314 e. The molecule has 0 aromatic carbocycles. The first kappa shape index (κ1) is 11.2. The third-order valence-electron chi connectivity index (χ3n) is 1.97. The maximum Gasteiger partial charge on any atom is 0.314 e. The number of hydrogen-bond donors (Lipinski definition) is 2. The Labute approximate surface area is 87.3 Å². The van der Waals surface area contributed by atoms with E-state index >= 15 is 0 Å². The molecule has 1 rings (SSSR count). The van der Waals surface area contributed by atoms with E-state index in [0.717, 1.165) is 4.90 Å². The van der Waals surface area contributed by atoms with Gasteiger partial charge in [0.05, 0.1) is 0 Å². The fourth-order valence-corrected chi connectivity index (χ4v) is 1.18. The van der Waals surface area contributed by atoms with Crippen molar-refractivity contribution < 1.29 is 14.4 Å². The first-order chi connectivity index (χ1) is 7.15. The Hall–Kier alpha value is -1.85. The average Bonchev–Trinajstić information content (AvgIpc) is 2.54. The van der Waals surface area contributed by atoms with Crippen LogP contribution < -0.4 is 10.6 Å².